The van der Waals surface area contributed by atoms with Crippen LogP contribution in [0.5, 0.6) is 0 Å². The smallest absolute Gasteiger partial charge is 0.0101 e. The van der Waals surface area contributed by atoms with Crippen LogP contribution in [-0.4, -0.2) is 0 Å². The molecule has 0 atom stereocenters. The molecule has 0 nitrogen and oxygen atoms in total. The van der Waals surface area contributed by atoms with Crippen molar-refractivity contribution in [3.8, 4) is 0 Å². The van der Waals surface area contributed by atoms with E-state index in [1.54, 1.807) is 0 Å². The van der Waals surface area contributed by atoms with Crippen molar-refractivity contribution in [2.75, 3.05) is 0 Å². The van der Waals surface area contributed by atoms with Crippen LogP contribution < -0.4 is 0 Å². The van der Waals surface area contributed by atoms with E-state index in [-0.39, 0.29) is 5.41 Å². The average Bonchev–Trinajstić information content (AvgIpc) is 2.42. The van der Waals surface area contributed by atoms with E-state index in [1.807, 2.05) is 0 Å². The van der Waals surface area contributed by atoms with Crippen molar-refractivity contribution in [1.82, 2.24) is 0 Å². The van der Waals surface area contributed by atoms with Gasteiger partial charge in [-0.3, -0.25) is 0 Å². The first-order valence-electron chi connectivity index (χ1n) is 8.43. The first-order valence-corrected chi connectivity index (χ1v) is 8.43. The van der Waals surface area contributed by atoms with Crippen LogP contribution in [0.4, 0.5) is 0 Å². The highest BCUT2D eigenvalue weighted by Gasteiger charge is 2.21. The molecule has 0 heteroatoms. The third-order valence-corrected chi connectivity index (χ3v) is 4.95. The molecule has 22 heavy (non-hydrogen) atoms. The Balaban J connectivity index is 2.01. The summed E-state index contributed by atoms with van der Waals surface area (Å²) in [5, 5.41) is 0. The highest BCUT2D eigenvalue weighted by molar-refractivity contribution is 5.35. The van der Waals surface area contributed by atoms with Gasteiger partial charge < -0.3 is 0 Å². The third kappa shape index (κ3) is 4.00. The molecule has 2 aromatic rings. The predicted octanol–water partition coefficient (Wildman–Crippen LogP) is 6.22. The molecule has 0 aliphatic heterocycles. The van der Waals surface area contributed by atoms with Crippen molar-refractivity contribution in [2.45, 2.75) is 66.2 Å². The van der Waals surface area contributed by atoms with Gasteiger partial charge in [0, 0.05) is 0 Å². The summed E-state index contributed by atoms with van der Waals surface area (Å²) in [5.74, 6) is 0. The Morgan fingerprint density at radius 3 is 2.14 bits per heavy atom. The van der Waals surface area contributed by atoms with Crippen molar-refractivity contribution in [2.24, 2.45) is 0 Å². The molecule has 0 aromatic heterocycles. The van der Waals surface area contributed by atoms with Crippen LogP contribution in [-0.2, 0) is 11.8 Å². The van der Waals surface area contributed by atoms with Gasteiger partial charge in [0.05, 0.1) is 0 Å². The summed E-state index contributed by atoms with van der Waals surface area (Å²) in [4.78, 5) is 0. The zero-order valence-electron chi connectivity index (χ0n) is 15.1. The van der Waals surface area contributed by atoms with Gasteiger partial charge in [0.15, 0.2) is 0 Å². The lowest BCUT2D eigenvalue weighted by Crippen LogP contribution is -2.19. The topological polar surface area (TPSA) is 0 Å². The van der Waals surface area contributed by atoms with Crippen LogP contribution in [0.3, 0.4) is 0 Å². The summed E-state index contributed by atoms with van der Waals surface area (Å²) >= 11 is 0. The lowest BCUT2D eigenvalue weighted by molar-refractivity contribution is 0.459. The van der Waals surface area contributed by atoms with E-state index in [0.29, 0.717) is 0 Å². The Bertz CT molecular complexity index is 647. The minimum absolute atomic E-state index is 0.248. The van der Waals surface area contributed by atoms with E-state index in [1.165, 1.54) is 52.6 Å². The fourth-order valence-corrected chi connectivity index (χ4v) is 3.40. The number of benzene rings is 2. The van der Waals surface area contributed by atoms with Crippen molar-refractivity contribution in [3.05, 3.63) is 69.8 Å². The molecule has 0 N–H and O–H groups in total. The number of rotatable bonds is 5. The van der Waals surface area contributed by atoms with Crippen molar-refractivity contribution >= 4 is 0 Å². The summed E-state index contributed by atoms with van der Waals surface area (Å²) in [6, 6.07) is 13.8. The van der Waals surface area contributed by atoms with Crippen LogP contribution in [0.2, 0.25) is 0 Å². The maximum absolute atomic E-state index is 2.38. The monoisotopic (exact) mass is 294 g/mol. The minimum Gasteiger partial charge on any atom is -0.0590 e. The van der Waals surface area contributed by atoms with Gasteiger partial charge in [0.2, 0.25) is 0 Å². The summed E-state index contributed by atoms with van der Waals surface area (Å²) < 4.78 is 0. The third-order valence-electron chi connectivity index (χ3n) is 4.95. The second-order valence-corrected chi connectivity index (χ2v) is 7.47. The summed E-state index contributed by atoms with van der Waals surface area (Å²) in [6.45, 7) is 13.6. The van der Waals surface area contributed by atoms with Crippen LogP contribution >= 0.6 is 0 Å². The molecule has 0 radical (unpaired) electrons. The predicted molar refractivity (Wildman–Crippen MR) is 97.8 cm³/mol. The van der Waals surface area contributed by atoms with Crippen LogP contribution in [0.25, 0.3) is 0 Å². The highest BCUT2D eigenvalue weighted by Crippen LogP contribution is 2.32. The van der Waals surface area contributed by atoms with Gasteiger partial charge in [-0.1, -0.05) is 55.8 Å². The van der Waals surface area contributed by atoms with Crippen molar-refractivity contribution in [3.63, 3.8) is 0 Å². The molecule has 0 aliphatic carbocycles. The normalized spacial score (nSPS) is 11.7. The van der Waals surface area contributed by atoms with Gasteiger partial charge in [-0.05, 0) is 80.2 Å². The maximum Gasteiger partial charge on any atom is -0.0101 e. The Hall–Kier alpha value is -1.56. The molecular weight excluding hydrogens is 264 g/mol. The Morgan fingerprint density at radius 2 is 1.50 bits per heavy atom. The summed E-state index contributed by atoms with van der Waals surface area (Å²) in [6.07, 6.45) is 3.64. The second kappa shape index (κ2) is 6.69. The standard InChI is InChI=1S/C22H30/c1-16-9-12-21(19(4)14-16)22(5,6)13-7-8-20-11-10-17(2)18(3)15-20/h9-12,14-15H,7-8,13H2,1-6H3. The zero-order chi connectivity index (χ0) is 16.3. The average molecular weight is 294 g/mol. The van der Waals surface area contributed by atoms with Gasteiger partial charge in [-0.2, -0.15) is 0 Å². The van der Waals surface area contributed by atoms with E-state index in [4.69, 9.17) is 0 Å². The van der Waals surface area contributed by atoms with E-state index in [2.05, 4.69) is 77.9 Å². The number of aryl methyl sites for hydroxylation is 5. The molecule has 0 saturated heterocycles. The first kappa shape index (κ1) is 16.8. The lowest BCUT2D eigenvalue weighted by Gasteiger charge is -2.27. The molecule has 2 rings (SSSR count). The number of hydrogen-bond acceptors (Lipinski definition) is 0. The fraction of sp³-hybridized carbons (Fsp3) is 0.455. The number of hydrogen-bond donors (Lipinski definition) is 0. The largest absolute Gasteiger partial charge is 0.0590 e. The van der Waals surface area contributed by atoms with Gasteiger partial charge >= 0.3 is 0 Å². The summed E-state index contributed by atoms with van der Waals surface area (Å²) in [7, 11) is 0. The second-order valence-electron chi connectivity index (χ2n) is 7.47. The molecule has 0 spiro atoms. The van der Waals surface area contributed by atoms with E-state index in [0.717, 1.165) is 0 Å². The molecule has 0 aliphatic rings. The molecule has 0 unspecified atom stereocenters. The SMILES string of the molecule is Cc1ccc(C(C)(C)CCCc2ccc(C)c(C)c2)c(C)c1. The minimum atomic E-state index is 0.248. The van der Waals surface area contributed by atoms with E-state index < -0.39 is 0 Å². The highest BCUT2D eigenvalue weighted by atomic mass is 14.3. The van der Waals surface area contributed by atoms with Crippen LogP contribution in [0.1, 0.15) is 60.1 Å². The van der Waals surface area contributed by atoms with Crippen molar-refractivity contribution in [1.29, 1.82) is 0 Å². The zero-order valence-corrected chi connectivity index (χ0v) is 15.1. The van der Waals surface area contributed by atoms with Crippen molar-refractivity contribution < 1.29 is 0 Å². The van der Waals surface area contributed by atoms with Gasteiger partial charge in [-0.25, -0.2) is 0 Å². The van der Waals surface area contributed by atoms with E-state index >= 15 is 0 Å². The molecule has 118 valence electrons. The molecule has 0 amide bonds. The Morgan fingerprint density at radius 1 is 0.773 bits per heavy atom. The fourth-order valence-electron chi connectivity index (χ4n) is 3.40. The molecule has 0 saturated carbocycles. The molecular formula is C22H30. The summed E-state index contributed by atoms with van der Waals surface area (Å²) in [5.41, 5.74) is 8.80. The first-order chi connectivity index (χ1) is 10.3. The molecule has 0 fully saturated rings. The Labute approximate surface area is 136 Å². The maximum atomic E-state index is 2.38. The van der Waals surface area contributed by atoms with E-state index in [9.17, 15) is 0 Å². The molecule has 0 bridgehead atoms. The van der Waals surface area contributed by atoms with Crippen LogP contribution in [0.15, 0.2) is 36.4 Å². The van der Waals surface area contributed by atoms with Gasteiger partial charge in [-0.15, -0.1) is 0 Å². The molecule has 2 aromatic carbocycles. The Kier molecular flexibility index (Phi) is 5.11. The molecule has 0 heterocycles. The lowest BCUT2D eigenvalue weighted by atomic mass is 9.77. The van der Waals surface area contributed by atoms with Gasteiger partial charge in [0.1, 0.15) is 0 Å². The quantitative estimate of drug-likeness (QED) is 0.614. The van der Waals surface area contributed by atoms with Gasteiger partial charge in [0.25, 0.3) is 0 Å². The van der Waals surface area contributed by atoms with Crippen LogP contribution in [0, 0.1) is 27.7 Å².